The van der Waals surface area contributed by atoms with Crippen molar-refractivity contribution in [2.24, 2.45) is 59.2 Å². The molecule has 2 aromatic carbocycles. The number of fused-ring (bicyclic) bond motifs is 4. The maximum Gasteiger partial charge on any atom is 0.407 e. The van der Waals surface area contributed by atoms with Crippen molar-refractivity contribution in [1.29, 1.82) is 0 Å². The first-order valence-corrected chi connectivity index (χ1v) is 23.3. The monoisotopic (exact) mass is 910 g/mol. The number of benzene rings is 2. The van der Waals surface area contributed by atoms with Gasteiger partial charge in [-0.1, -0.05) is 48.5 Å². The van der Waals surface area contributed by atoms with Crippen molar-refractivity contribution in [2.75, 3.05) is 14.2 Å². The van der Waals surface area contributed by atoms with E-state index in [2.05, 4.69) is 20.6 Å². The molecule has 14 rings (SSSR count). The largest absolute Gasteiger partial charge is 0.453 e. The molecule has 2 bridgehead atoms. The van der Waals surface area contributed by atoms with Crippen LogP contribution >= 0.6 is 0 Å². The summed E-state index contributed by atoms with van der Waals surface area (Å²) in [7, 11) is 2.55. The number of aromatic nitrogens is 4. The van der Waals surface area contributed by atoms with E-state index >= 15 is 0 Å². The number of rotatable bonds is 13. The van der Waals surface area contributed by atoms with E-state index in [1.165, 1.54) is 14.2 Å². The van der Waals surface area contributed by atoms with Gasteiger partial charge in [0.1, 0.15) is 17.7 Å². The molecular weight excluding hydrogens is 861 g/mol. The third-order valence-corrected chi connectivity index (χ3v) is 17.4. The minimum Gasteiger partial charge on any atom is -0.453 e. The number of alkyl halides is 4. The first kappa shape index (κ1) is 40.9. The van der Waals surface area contributed by atoms with Gasteiger partial charge in [0.15, 0.2) is 0 Å². The van der Waals surface area contributed by atoms with Crippen LogP contribution in [-0.2, 0) is 19.1 Å². The molecule has 9 unspecified atom stereocenters. The predicted octanol–water partition coefficient (Wildman–Crippen LogP) is 6.11. The number of methoxy groups -OCH3 is 2. The van der Waals surface area contributed by atoms with Gasteiger partial charge in [-0.05, 0) is 96.3 Å². The molecule has 4 aromatic rings. The molecule has 7 saturated carbocycles. The number of hydrogen-bond donors (Lipinski definition) is 5. The van der Waals surface area contributed by atoms with E-state index in [0.29, 0.717) is 35.3 Å². The minimum atomic E-state index is -2.69. The molecule has 14 nitrogen and oxygen atoms in total. The molecule has 18 heteroatoms. The summed E-state index contributed by atoms with van der Waals surface area (Å²) in [5, 5.41) is 15.9. The van der Waals surface area contributed by atoms with Crippen LogP contribution < -0.4 is 10.6 Å². The van der Waals surface area contributed by atoms with E-state index in [1.807, 2.05) is 58.3 Å². The number of alkyl carbamates (subject to hydrolysis) is 1. The Hall–Kier alpha value is -5.33. The third kappa shape index (κ3) is 6.11. The van der Waals surface area contributed by atoms with Crippen LogP contribution in [0.1, 0.15) is 62.3 Å². The number of hydrogen-bond acceptors (Lipinski definition) is 9. The second kappa shape index (κ2) is 14.1. The molecule has 5 N–H and O–H groups in total. The quantitative estimate of drug-likeness (QED) is 0.0783. The van der Waals surface area contributed by atoms with Gasteiger partial charge in [-0.15, -0.1) is 0 Å². The number of carbonyl (C=O) groups excluding carboxylic acids is 3. The normalized spacial score (nSPS) is 37.3. The first-order chi connectivity index (χ1) is 31.8. The zero-order valence-electron chi connectivity index (χ0n) is 36.1. The topological polar surface area (TPSA) is 178 Å². The summed E-state index contributed by atoms with van der Waals surface area (Å²) in [5.74, 6) is -6.59. The fourth-order valence-corrected chi connectivity index (χ4v) is 13.6. The van der Waals surface area contributed by atoms with Gasteiger partial charge in [-0.3, -0.25) is 14.9 Å². The summed E-state index contributed by atoms with van der Waals surface area (Å²) >= 11 is 0. The molecule has 0 radical (unpaired) electrons. The van der Waals surface area contributed by atoms with Crippen LogP contribution in [0.2, 0.25) is 0 Å². The highest BCUT2D eigenvalue weighted by molar-refractivity contribution is 5.88. The molecule has 346 valence electrons. The Balaban J connectivity index is 0.676. The molecule has 5 heterocycles. The lowest BCUT2D eigenvalue weighted by Gasteiger charge is -2.33. The molecule has 3 saturated heterocycles. The number of imidazole rings is 2. The van der Waals surface area contributed by atoms with Crippen molar-refractivity contribution in [3.63, 3.8) is 0 Å². The Kier molecular flexibility index (Phi) is 8.74. The number of ether oxygens (including phenoxy) is 2. The van der Waals surface area contributed by atoms with E-state index in [9.17, 15) is 37.1 Å². The fraction of sp³-hybridized carbons (Fsp3) is 0.562. The number of aliphatic hydroxyl groups excluding tert-OH is 1. The average molecular weight is 911 g/mol. The lowest BCUT2D eigenvalue weighted by molar-refractivity contribution is -0.146. The zero-order chi connectivity index (χ0) is 45.3. The summed E-state index contributed by atoms with van der Waals surface area (Å²) in [6.45, 7) is 0. The van der Waals surface area contributed by atoms with Crippen LogP contribution in [0.5, 0.6) is 0 Å². The Labute approximate surface area is 376 Å². The van der Waals surface area contributed by atoms with Gasteiger partial charge < -0.3 is 39.7 Å². The number of amides is 3. The number of likely N-dealkylation sites (tertiary alicyclic amines) is 1. The fourth-order valence-electron chi connectivity index (χ4n) is 13.6. The van der Waals surface area contributed by atoms with Gasteiger partial charge in [-0.2, -0.15) is 0 Å². The molecular formula is C48H50F4N8O6. The van der Waals surface area contributed by atoms with E-state index in [0.717, 1.165) is 46.5 Å². The van der Waals surface area contributed by atoms with Gasteiger partial charge in [-0.25, -0.2) is 32.3 Å². The third-order valence-electron chi connectivity index (χ3n) is 17.4. The highest BCUT2D eigenvalue weighted by Crippen LogP contribution is 2.81. The SMILES string of the molecule is COC(=O)NC(C(=O)N1C2C[C@@H]2C[C@H]1c1ncc(-c2ccc(-c3ccc(-c4cnc([C@@H]5C6C7C([C@H]76)N5C(=O)C(NC(O)OC)C5C[C@@H]6[C@H](C5)C6(F)F)[nH]4)cc3)cc2)[nH]1)C1C[C@@H]2[C@H](C1)C2(F)F. The maximum absolute atomic E-state index is 14.3. The summed E-state index contributed by atoms with van der Waals surface area (Å²) in [6.07, 6.45) is 3.83. The summed E-state index contributed by atoms with van der Waals surface area (Å²) < 4.78 is 66.3. The van der Waals surface area contributed by atoms with Gasteiger partial charge >= 0.3 is 6.09 Å². The second-order valence-electron chi connectivity index (χ2n) is 20.6. The van der Waals surface area contributed by atoms with Crippen LogP contribution in [0.3, 0.4) is 0 Å². The van der Waals surface area contributed by atoms with Gasteiger partial charge in [0.05, 0.1) is 49.0 Å². The van der Waals surface area contributed by atoms with Crippen LogP contribution in [0.15, 0.2) is 60.9 Å². The lowest BCUT2D eigenvalue weighted by atomic mass is 9.92. The molecule has 3 amide bonds. The molecule has 66 heavy (non-hydrogen) atoms. The summed E-state index contributed by atoms with van der Waals surface area (Å²) in [5.41, 5.74) is 5.44. The van der Waals surface area contributed by atoms with Gasteiger partial charge in [0.25, 0.3) is 11.8 Å². The number of halogens is 4. The summed E-state index contributed by atoms with van der Waals surface area (Å²) in [6, 6.07) is 14.0. The van der Waals surface area contributed by atoms with Crippen LogP contribution in [-0.4, -0.2) is 109 Å². The maximum atomic E-state index is 14.3. The number of aliphatic hydroxyl groups is 1. The highest BCUT2D eigenvalue weighted by Gasteiger charge is 2.86. The van der Waals surface area contributed by atoms with E-state index in [1.54, 1.807) is 12.4 Å². The molecule has 7 aliphatic carbocycles. The van der Waals surface area contributed by atoms with Crippen LogP contribution in [0.25, 0.3) is 33.6 Å². The lowest BCUT2D eigenvalue weighted by Crippen LogP contribution is -2.54. The number of aromatic amines is 2. The molecule has 17 atom stereocenters. The molecule has 3 aliphatic heterocycles. The smallest absolute Gasteiger partial charge is 0.407 e. The standard InChI is InChI=1S/C48H50F4N8O6/c1-65-45(63)57-37(24-11-26-27(12-24)47(26,49)50)43(61)59-32-15-23(32)16-33(59)41-53-17-30(55-41)21-7-3-19(4-8-21)20-5-9-22(10-6-20)31-18-54-42(56-31)40-36-34-35(36)39(34)60(40)44(62)38(58-46(64)66-2)25-13-28-29(14-25)48(28,51)52/h3-10,17-18,23-29,32-40,46,58,64H,11-16H2,1-2H3,(H,53,55)(H,54,56)(H,57,63)/t23-,24?,25?,26-,27+,28-,29+,32?,33+,34-,35?,36?,37?,38?,39?,40+,46?/m1/s1. The molecule has 0 spiro atoms. The first-order valence-electron chi connectivity index (χ1n) is 23.3. The number of nitrogens with zero attached hydrogens (tertiary/aromatic N) is 4. The van der Waals surface area contributed by atoms with E-state index in [-0.39, 0.29) is 73.5 Å². The minimum absolute atomic E-state index is 0.0189. The second-order valence-corrected chi connectivity index (χ2v) is 20.6. The molecule has 2 aromatic heterocycles. The summed E-state index contributed by atoms with van der Waals surface area (Å²) in [4.78, 5) is 61.0. The number of H-pyrrole nitrogens is 2. The van der Waals surface area contributed by atoms with Gasteiger partial charge in [0, 0.05) is 42.9 Å². The Morgan fingerprint density at radius 1 is 0.697 bits per heavy atom. The van der Waals surface area contributed by atoms with Crippen molar-refractivity contribution in [1.82, 2.24) is 40.4 Å². The van der Waals surface area contributed by atoms with Crippen molar-refractivity contribution < 1.29 is 46.5 Å². The predicted molar refractivity (Wildman–Crippen MR) is 226 cm³/mol. The Morgan fingerprint density at radius 3 is 1.74 bits per heavy atom. The van der Waals surface area contributed by atoms with Crippen molar-refractivity contribution in [3.05, 3.63) is 72.6 Å². The van der Waals surface area contributed by atoms with Crippen molar-refractivity contribution in [2.45, 2.75) is 93.0 Å². The number of carbonyl (C=O) groups is 3. The highest BCUT2D eigenvalue weighted by atomic mass is 19.3. The zero-order valence-corrected chi connectivity index (χ0v) is 36.1. The number of piperidine rings is 2. The van der Waals surface area contributed by atoms with Crippen molar-refractivity contribution in [3.8, 4) is 33.6 Å². The van der Waals surface area contributed by atoms with Crippen LogP contribution in [0, 0.1) is 59.2 Å². The Morgan fingerprint density at radius 2 is 1.20 bits per heavy atom. The van der Waals surface area contributed by atoms with Crippen LogP contribution in [0.4, 0.5) is 22.4 Å². The molecule has 10 fully saturated rings. The van der Waals surface area contributed by atoms with E-state index in [4.69, 9.17) is 19.4 Å². The van der Waals surface area contributed by atoms with Gasteiger partial charge in [0.2, 0.25) is 18.2 Å². The molecule has 10 aliphatic rings. The number of nitrogens with one attached hydrogen (secondary N) is 4. The average Bonchev–Trinajstić information content (AvgIpc) is 4.13. The van der Waals surface area contributed by atoms with E-state index < -0.39 is 60.1 Å². The Bertz CT molecular complexity index is 2610. The van der Waals surface area contributed by atoms with Crippen molar-refractivity contribution >= 4 is 17.9 Å².